The number of hydrogen-bond acceptors (Lipinski definition) is 5. The molecule has 1 aliphatic heterocycles. The molecule has 5 nitrogen and oxygen atoms in total. The summed E-state index contributed by atoms with van der Waals surface area (Å²) in [7, 11) is 3.30. The Morgan fingerprint density at radius 2 is 2.00 bits per heavy atom. The lowest BCUT2D eigenvalue weighted by Crippen LogP contribution is -2.41. The van der Waals surface area contributed by atoms with Gasteiger partial charge in [0.05, 0.1) is 23.1 Å². The van der Waals surface area contributed by atoms with Gasteiger partial charge in [-0.05, 0) is 18.9 Å². The third-order valence-electron chi connectivity index (χ3n) is 3.85. The topological polar surface area (TPSA) is 58.6 Å². The van der Waals surface area contributed by atoms with Gasteiger partial charge < -0.3 is 15.0 Å². The predicted molar refractivity (Wildman–Crippen MR) is 92.4 cm³/mol. The standard InChI is InChI=1S/C17H22N2O3S/c1-5-13(17(21)22-4)18-16(20)15-14(19(3)11(2)23-15)12-9-7-6-8-10-12/h6-11,13H,5H2,1-4H3,(H,18,20)/t11-,13-/m0/s1. The van der Waals surface area contributed by atoms with Gasteiger partial charge in [0.1, 0.15) is 6.04 Å². The number of thioether (sulfide) groups is 1. The molecule has 2 rings (SSSR count). The van der Waals surface area contributed by atoms with E-state index in [4.69, 9.17) is 4.74 Å². The van der Waals surface area contributed by atoms with E-state index >= 15 is 0 Å². The minimum Gasteiger partial charge on any atom is -0.467 e. The number of nitrogens with one attached hydrogen (secondary N) is 1. The van der Waals surface area contributed by atoms with Crippen molar-refractivity contribution in [3.63, 3.8) is 0 Å². The molecule has 0 aliphatic carbocycles. The van der Waals surface area contributed by atoms with Crippen molar-refractivity contribution in [3.8, 4) is 0 Å². The molecular weight excluding hydrogens is 312 g/mol. The molecule has 1 amide bonds. The van der Waals surface area contributed by atoms with Crippen LogP contribution in [0.1, 0.15) is 25.8 Å². The molecule has 0 radical (unpaired) electrons. The Morgan fingerprint density at radius 1 is 1.35 bits per heavy atom. The summed E-state index contributed by atoms with van der Waals surface area (Å²) in [6.07, 6.45) is 0.489. The number of benzene rings is 1. The van der Waals surface area contributed by atoms with Gasteiger partial charge in [0.2, 0.25) is 0 Å². The van der Waals surface area contributed by atoms with E-state index in [-0.39, 0.29) is 11.3 Å². The molecule has 0 saturated heterocycles. The van der Waals surface area contributed by atoms with E-state index in [0.29, 0.717) is 11.3 Å². The lowest BCUT2D eigenvalue weighted by molar-refractivity contribution is -0.144. The summed E-state index contributed by atoms with van der Waals surface area (Å²) < 4.78 is 4.73. The summed E-state index contributed by atoms with van der Waals surface area (Å²) in [5, 5.41) is 2.94. The summed E-state index contributed by atoms with van der Waals surface area (Å²) in [6.45, 7) is 3.89. The molecule has 1 N–H and O–H groups in total. The number of esters is 1. The van der Waals surface area contributed by atoms with Gasteiger partial charge >= 0.3 is 5.97 Å². The Morgan fingerprint density at radius 3 is 2.57 bits per heavy atom. The van der Waals surface area contributed by atoms with E-state index < -0.39 is 12.0 Å². The molecule has 1 heterocycles. The number of amides is 1. The quantitative estimate of drug-likeness (QED) is 0.838. The fraction of sp³-hybridized carbons (Fsp3) is 0.412. The van der Waals surface area contributed by atoms with Crippen molar-refractivity contribution in [2.24, 2.45) is 0 Å². The second-order valence-electron chi connectivity index (χ2n) is 5.33. The van der Waals surface area contributed by atoms with Crippen LogP contribution in [0.3, 0.4) is 0 Å². The van der Waals surface area contributed by atoms with Crippen LogP contribution < -0.4 is 5.32 Å². The van der Waals surface area contributed by atoms with Crippen LogP contribution in [0.2, 0.25) is 0 Å². The molecule has 0 unspecified atom stereocenters. The summed E-state index contributed by atoms with van der Waals surface area (Å²) in [5.41, 5.74) is 1.88. The van der Waals surface area contributed by atoms with Gasteiger partial charge in [-0.1, -0.05) is 49.0 Å². The van der Waals surface area contributed by atoms with Crippen LogP contribution >= 0.6 is 11.8 Å². The first kappa shape index (κ1) is 17.4. The van der Waals surface area contributed by atoms with Crippen molar-refractivity contribution in [3.05, 3.63) is 40.8 Å². The van der Waals surface area contributed by atoms with Gasteiger partial charge in [-0.15, -0.1) is 0 Å². The Balaban J connectivity index is 2.31. The summed E-state index contributed by atoms with van der Waals surface area (Å²) in [5.74, 6) is -0.658. The minimum absolute atomic E-state index is 0.157. The SMILES string of the molecule is CC[C@H](NC(=O)C1=C(c2ccccc2)N(C)[C@H](C)S1)C(=O)OC. The van der Waals surface area contributed by atoms with E-state index in [1.807, 2.05) is 51.2 Å². The van der Waals surface area contributed by atoms with Crippen LogP contribution in [-0.2, 0) is 14.3 Å². The Hall–Kier alpha value is -1.95. The lowest BCUT2D eigenvalue weighted by Gasteiger charge is -2.21. The van der Waals surface area contributed by atoms with Crippen molar-refractivity contribution < 1.29 is 14.3 Å². The molecule has 0 fully saturated rings. The van der Waals surface area contributed by atoms with Crippen LogP contribution in [-0.4, -0.2) is 42.3 Å². The highest BCUT2D eigenvalue weighted by Gasteiger charge is 2.33. The van der Waals surface area contributed by atoms with Gasteiger partial charge in [0.15, 0.2) is 0 Å². The number of carbonyl (C=O) groups is 2. The van der Waals surface area contributed by atoms with Crippen molar-refractivity contribution in [1.82, 2.24) is 10.2 Å². The third-order valence-corrected chi connectivity index (χ3v) is 5.13. The molecule has 0 bridgehead atoms. The van der Waals surface area contributed by atoms with E-state index in [1.165, 1.54) is 18.9 Å². The van der Waals surface area contributed by atoms with Gasteiger partial charge in [0, 0.05) is 7.05 Å². The number of nitrogens with zero attached hydrogens (tertiary/aromatic N) is 1. The zero-order valence-electron chi connectivity index (χ0n) is 13.8. The smallest absolute Gasteiger partial charge is 0.328 e. The number of rotatable bonds is 5. The largest absolute Gasteiger partial charge is 0.467 e. The van der Waals surface area contributed by atoms with E-state index in [2.05, 4.69) is 10.2 Å². The Bertz CT molecular complexity index is 616. The Labute approximate surface area is 141 Å². The molecule has 1 aromatic carbocycles. The number of hydrogen-bond donors (Lipinski definition) is 1. The lowest BCUT2D eigenvalue weighted by atomic mass is 10.1. The monoisotopic (exact) mass is 334 g/mol. The summed E-state index contributed by atoms with van der Waals surface area (Å²) >= 11 is 1.50. The average molecular weight is 334 g/mol. The summed E-state index contributed by atoms with van der Waals surface area (Å²) in [4.78, 5) is 27.1. The third kappa shape index (κ3) is 3.69. The van der Waals surface area contributed by atoms with Crippen LogP contribution in [0.4, 0.5) is 0 Å². The molecule has 6 heteroatoms. The second kappa shape index (κ2) is 7.55. The van der Waals surface area contributed by atoms with Crippen LogP contribution in [0.25, 0.3) is 5.70 Å². The first-order chi connectivity index (χ1) is 11.0. The zero-order valence-corrected chi connectivity index (χ0v) is 14.6. The molecule has 1 aliphatic rings. The molecule has 124 valence electrons. The van der Waals surface area contributed by atoms with Crippen LogP contribution in [0.5, 0.6) is 0 Å². The van der Waals surface area contributed by atoms with Crippen LogP contribution in [0, 0.1) is 0 Å². The number of methoxy groups -OCH3 is 1. The highest BCUT2D eigenvalue weighted by molar-refractivity contribution is 8.05. The Kier molecular flexibility index (Phi) is 5.71. The molecule has 2 atom stereocenters. The average Bonchev–Trinajstić information content (AvgIpc) is 2.88. The maximum absolute atomic E-state index is 12.7. The zero-order chi connectivity index (χ0) is 17.0. The van der Waals surface area contributed by atoms with Gasteiger partial charge in [-0.25, -0.2) is 4.79 Å². The highest BCUT2D eigenvalue weighted by atomic mass is 32.2. The van der Waals surface area contributed by atoms with Crippen molar-refractivity contribution >= 4 is 29.3 Å². The fourth-order valence-electron chi connectivity index (χ4n) is 2.43. The minimum atomic E-state index is -0.626. The van der Waals surface area contributed by atoms with E-state index in [0.717, 1.165) is 11.3 Å². The van der Waals surface area contributed by atoms with Crippen molar-refractivity contribution in [1.29, 1.82) is 0 Å². The van der Waals surface area contributed by atoms with Crippen LogP contribution in [0.15, 0.2) is 35.2 Å². The van der Waals surface area contributed by atoms with E-state index in [9.17, 15) is 9.59 Å². The second-order valence-corrected chi connectivity index (χ2v) is 6.66. The maximum Gasteiger partial charge on any atom is 0.328 e. The van der Waals surface area contributed by atoms with Gasteiger partial charge in [-0.2, -0.15) is 0 Å². The molecule has 23 heavy (non-hydrogen) atoms. The summed E-state index contributed by atoms with van der Waals surface area (Å²) in [6, 6.07) is 9.18. The fourth-order valence-corrected chi connectivity index (χ4v) is 3.58. The molecule has 1 aromatic rings. The predicted octanol–water partition coefficient (Wildman–Crippen LogP) is 2.45. The first-order valence-electron chi connectivity index (χ1n) is 7.57. The molecular formula is C17H22N2O3S. The van der Waals surface area contributed by atoms with Gasteiger partial charge in [-0.3, -0.25) is 4.79 Å². The molecule has 0 spiro atoms. The number of ether oxygens (including phenoxy) is 1. The number of carbonyl (C=O) groups excluding carboxylic acids is 2. The highest BCUT2D eigenvalue weighted by Crippen LogP contribution is 2.41. The van der Waals surface area contributed by atoms with E-state index in [1.54, 1.807) is 0 Å². The van der Waals surface area contributed by atoms with Gasteiger partial charge in [0.25, 0.3) is 5.91 Å². The first-order valence-corrected chi connectivity index (χ1v) is 8.45. The van der Waals surface area contributed by atoms with Crippen molar-refractivity contribution in [2.45, 2.75) is 31.7 Å². The maximum atomic E-state index is 12.7. The normalized spacial score (nSPS) is 18.8. The molecule has 0 saturated carbocycles. The molecule has 0 aromatic heterocycles. The van der Waals surface area contributed by atoms with Crippen molar-refractivity contribution in [2.75, 3.05) is 14.2 Å².